The number of hydrogen-bond acceptors (Lipinski definition) is 4. The van der Waals surface area contributed by atoms with Crippen LogP contribution >= 0.6 is 11.3 Å². The van der Waals surface area contributed by atoms with Gasteiger partial charge in [-0.15, -0.1) is 11.3 Å². The molecular weight excluding hydrogens is 825 g/mol. The van der Waals surface area contributed by atoms with Crippen LogP contribution in [0, 0.1) is 0 Å². The van der Waals surface area contributed by atoms with Gasteiger partial charge in [-0.25, -0.2) is 9.97 Å². The Hall–Kier alpha value is -8.58. The van der Waals surface area contributed by atoms with E-state index in [9.17, 15) is 0 Å². The Kier molecular flexibility index (Phi) is 7.31. The summed E-state index contributed by atoms with van der Waals surface area (Å²) in [6, 6.07) is 74.2. The predicted octanol–water partition coefficient (Wildman–Crippen LogP) is 16.6. The van der Waals surface area contributed by atoms with Crippen molar-refractivity contribution < 1.29 is 4.42 Å². The number of aromatic nitrogens is 4. The molecule has 5 aromatic heterocycles. The average molecular weight is 859 g/mol. The van der Waals surface area contributed by atoms with E-state index >= 15 is 0 Å². The number of benzene rings is 10. The number of hydrogen-bond donors (Lipinski definition) is 0. The van der Waals surface area contributed by atoms with Crippen LogP contribution in [-0.4, -0.2) is 19.1 Å². The van der Waals surface area contributed by atoms with Gasteiger partial charge >= 0.3 is 0 Å². The zero-order valence-corrected chi connectivity index (χ0v) is 36.1. The SMILES string of the molecule is c1ccc(-c2nc(-n3c4ccc(-c5ccc6c(c5)c5c7ccccc7ccc5n6-c5ccccc5)cc4c4c5c(ccc43)oc3c4ccccc4ccc35)nc3c2sc2ccccc23)cc1. The highest BCUT2D eigenvalue weighted by molar-refractivity contribution is 7.26. The highest BCUT2D eigenvalue weighted by Crippen LogP contribution is 2.46. The summed E-state index contributed by atoms with van der Waals surface area (Å²) in [7, 11) is 0. The van der Waals surface area contributed by atoms with E-state index in [0.717, 1.165) is 98.2 Å². The maximum absolute atomic E-state index is 6.85. The molecule has 0 fully saturated rings. The smallest absolute Gasteiger partial charge is 0.235 e. The Labute approximate surface area is 380 Å². The fraction of sp³-hybridized carbons (Fsp3) is 0. The van der Waals surface area contributed by atoms with E-state index < -0.39 is 0 Å². The maximum atomic E-state index is 6.85. The molecule has 306 valence electrons. The van der Waals surface area contributed by atoms with Crippen molar-refractivity contribution in [1.82, 2.24) is 19.1 Å². The molecule has 15 aromatic rings. The Bertz CT molecular complexity index is 4520. The molecule has 0 bridgehead atoms. The predicted molar refractivity (Wildman–Crippen MR) is 277 cm³/mol. The molecule has 0 radical (unpaired) electrons. The topological polar surface area (TPSA) is 48.8 Å². The van der Waals surface area contributed by atoms with Crippen LogP contribution in [0.2, 0.25) is 0 Å². The van der Waals surface area contributed by atoms with Gasteiger partial charge < -0.3 is 8.98 Å². The van der Waals surface area contributed by atoms with Gasteiger partial charge in [-0.2, -0.15) is 0 Å². The quantitative estimate of drug-likeness (QED) is 0.177. The second kappa shape index (κ2) is 13.5. The zero-order valence-electron chi connectivity index (χ0n) is 35.2. The normalized spacial score (nSPS) is 12.2. The zero-order chi connectivity index (χ0) is 43.0. The van der Waals surface area contributed by atoms with Crippen LogP contribution in [0.25, 0.3) is 141 Å². The van der Waals surface area contributed by atoms with Crippen LogP contribution in [0.15, 0.2) is 211 Å². The first-order valence-electron chi connectivity index (χ1n) is 22.3. The second-order valence-corrected chi connectivity index (χ2v) is 18.3. The van der Waals surface area contributed by atoms with Crippen molar-refractivity contribution in [3.63, 3.8) is 0 Å². The third-order valence-electron chi connectivity index (χ3n) is 13.7. The number of fused-ring (bicyclic) bond motifs is 17. The first-order valence-corrected chi connectivity index (χ1v) is 23.1. The Morgan fingerprint density at radius 2 is 1.00 bits per heavy atom. The van der Waals surface area contributed by atoms with E-state index in [1.165, 1.54) is 37.3 Å². The minimum Gasteiger partial charge on any atom is -0.455 e. The van der Waals surface area contributed by atoms with Crippen molar-refractivity contribution in [2.75, 3.05) is 0 Å². The van der Waals surface area contributed by atoms with Crippen molar-refractivity contribution in [3.05, 3.63) is 206 Å². The summed E-state index contributed by atoms with van der Waals surface area (Å²) in [5.74, 6) is 0.636. The van der Waals surface area contributed by atoms with Crippen LogP contribution in [0.1, 0.15) is 0 Å². The van der Waals surface area contributed by atoms with Gasteiger partial charge in [-0.3, -0.25) is 4.57 Å². The summed E-state index contributed by atoms with van der Waals surface area (Å²) in [4.78, 5) is 11.0. The maximum Gasteiger partial charge on any atom is 0.235 e. The summed E-state index contributed by atoms with van der Waals surface area (Å²) in [6.07, 6.45) is 0. The van der Waals surface area contributed by atoms with Gasteiger partial charge in [-0.05, 0) is 94.0 Å². The van der Waals surface area contributed by atoms with E-state index in [-0.39, 0.29) is 0 Å². The minimum absolute atomic E-state index is 0.636. The lowest BCUT2D eigenvalue weighted by atomic mass is 9.98. The number of rotatable bonds is 4. The molecule has 0 spiro atoms. The molecule has 0 aliphatic heterocycles. The van der Waals surface area contributed by atoms with Crippen LogP contribution in [0.5, 0.6) is 0 Å². The molecule has 0 unspecified atom stereocenters. The Morgan fingerprint density at radius 1 is 0.394 bits per heavy atom. The molecule has 0 aliphatic carbocycles. The third-order valence-corrected chi connectivity index (χ3v) is 14.9. The lowest BCUT2D eigenvalue weighted by molar-refractivity contribution is 0.673. The highest BCUT2D eigenvalue weighted by Gasteiger charge is 2.24. The minimum atomic E-state index is 0.636. The summed E-state index contributed by atoms with van der Waals surface area (Å²) in [5.41, 5.74) is 12.5. The van der Waals surface area contributed by atoms with Gasteiger partial charge in [0.2, 0.25) is 5.95 Å². The molecule has 0 amide bonds. The average Bonchev–Trinajstić information content (AvgIpc) is 4.14. The molecule has 0 saturated heterocycles. The van der Waals surface area contributed by atoms with Crippen molar-refractivity contribution in [2.24, 2.45) is 0 Å². The summed E-state index contributed by atoms with van der Waals surface area (Å²) >= 11 is 1.75. The molecule has 5 heterocycles. The third kappa shape index (κ3) is 4.99. The van der Waals surface area contributed by atoms with Crippen LogP contribution in [-0.2, 0) is 0 Å². The van der Waals surface area contributed by atoms with E-state index in [1.54, 1.807) is 11.3 Å². The van der Waals surface area contributed by atoms with Gasteiger partial charge in [-0.1, -0.05) is 140 Å². The molecule has 15 rings (SSSR count). The highest BCUT2D eigenvalue weighted by atomic mass is 32.1. The van der Waals surface area contributed by atoms with Gasteiger partial charge in [0.25, 0.3) is 0 Å². The molecule has 0 saturated carbocycles. The summed E-state index contributed by atoms with van der Waals surface area (Å²) in [6.45, 7) is 0. The van der Waals surface area contributed by atoms with Gasteiger partial charge in [0.05, 0.1) is 38.0 Å². The fourth-order valence-corrected chi connectivity index (χ4v) is 11.9. The molecule has 10 aromatic carbocycles. The monoisotopic (exact) mass is 858 g/mol. The number of nitrogens with zero attached hydrogens (tertiary/aromatic N) is 4. The largest absolute Gasteiger partial charge is 0.455 e. The first kappa shape index (κ1) is 35.8. The van der Waals surface area contributed by atoms with E-state index in [0.29, 0.717) is 5.95 Å². The van der Waals surface area contributed by atoms with E-state index in [1.807, 2.05) is 0 Å². The molecule has 0 aliphatic rings. The van der Waals surface area contributed by atoms with Crippen molar-refractivity contribution >= 4 is 119 Å². The van der Waals surface area contributed by atoms with Gasteiger partial charge in [0.1, 0.15) is 11.2 Å². The fourth-order valence-electron chi connectivity index (χ4n) is 10.8. The number of furan rings is 1. The summed E-state index contributed by atoms with van der Waals surface area (Å²) in [5, 5.41) is 12.8. The Balaban J connectivity index is 1.05. The van der Waals surface area contributed by atoms with Gasteiger partial charge in [0.15, 0.2) is 0 Å². The van der Waals surface area contributed by atoms with Crippen LogP contribution in [0.4, 0.5) is 0 Å². The van der Waals surface area contributed by atoms with Crippen LogP contribution in [0.3, 0.4) is 0 Å². The second-order valence-electron chi connectivity index (χ2n) is 17.3. The molecule has 6 heteroatoms. The molecule has 0 atom stereocenters. The molecule has 0 N–H and O–H groups in total. The standard InChI is InChI=1S/C60H34N4OS/c1-3-15-37(16-4-1)56-59-57(43-21-11-12-22-52(43)66-59)62-60(61-56)64-48-29-26-39(34-46(48)54-50(64)31-32-51-55(54)44-27-23-36-14-8-10-20-42(36)58(44)65-51)38-25-28-47-45(33-38)53-41-19-9-7-13-35(41)24-30-49(53)63(47)40-17-5-2-6-18-40/h1-34H. The van der Waals surface area contributed by atoms with E-state index in [2.05, 4.69) is 215 Å². The van der Waals surface area contributed by atoms with Crippen LogP contribution < -0.4 is 0 Å². The lowest BCUT2D eigenvalue weighted by Gasteiger charge is -2.10. The van der Waals surface area contributed by atoms with Crippen molar-refractivity contribution in [3.8, 4) is 34.0 Å². The number of para-hydroxylation sites is 1. The molecule has 5 nitrogen and oxygen atoms in total. The van der Waals surface area contributed by atoms with Crippen molar-refractivity contribution in [1.29, 1.82) is 0 Å². The first-order chi connectivity index (χ1) is 32.7. The van der Waals surface area contributed by atoms with E-state index in [4.69, 9.17) is 14.4 Å². The van der Waals surface area contributed by atoms with Crippen molar-refractivity contribution in [2.45, 2.75) is 0 Å². The Morgan fingerprint density at radius 3 is 1.80 bits per heavy atom. The molecular formula is C60H34N4OS. The number of thiophene rings is 1. The lowest BCUT2D eigenvalue weighted by Crippen LogP contribution is -2.02. The van der Waals surface area contributed by atoms with Gasteiger partial charge in [0, 0.05) is 59.0 Å². The molecule has 66 heavy (non-hydrogen) atoms. The summed E-state index contributed by atoms with van der Waals surface area (Å²) < 4.78 is 13.8.